The largest absolute Gasteiger partial charge is 0.463 e. The van der Waals surface area contributed by atoms with Crippen molar-refractivity contribution in [2.75, 3.05) is 59.8 Å². The molecule has 0 heterocycles. The third-order valence-electron chi connectivity index (χ3n) is 2.68. The van der Waals surface area contributed by atoms with Crippen LogP contribution in [0.1, 0.15) is 32.6 Å². The Labute approximate surface area is 128 Å². The molecule has 0 aromatic carbocycles. The van der Waals surface area contributed by atoms with Crippen LogP contribution in [0.5, 0.6) is 0 Å². The standard InChI is InChI=1S/C15H31NO5/c1-3-4-8-18-9-10-19-11-12-20-13-14-21-15(17)6-5-7-16-2/h16H,3-14H2,1-2H3. The predicted octanol–water partition coefficient (Wildman–Crippen LogP) is 1.38. The lowest BCUT2D eigenvalue weighted by molar-refractivity contribution is -0.145. The molecule has 126 valence electrons. The molecule has 0 fully saturated rings. The van der Waals surface area contributed by atoms with Gasteiger partial charge in [0.2, 0.25) is 0 Å². The van der Waals surface area contributed by atoms with Gasteiger partial charge in [0.05, 0.1) is 33.0 Å². The number of unbranched alkanes of at least 4 members (excludes halogenated alkanes) is 1. The molecule has 0 rings (SSSR count). The van der Waals surface area contributed by atoms with Crippen molar-refractivity contribution in [2.24, 2.45) is 0 Å². The highest BCUT2D eigenvalue weighted by atomic mass is 16.6. The molecule has 0 radical (unpaired) electrons. The van der Waals surface area contributed by atoms with E-state index in [2.05, 4.69) is 12.2 Å². The summed E-state index contributed by atoms with van der Waals surface area (Å²) < 4.78 is 21.0. The number of esters is 1. The second kappa shape index (κ2) is 17.4. The van der Waals surface area contributed by atoms with Crippen molar-refractivity contribution in [3.8, 4) is 0 Å². The topological polar surface area (TPSA) is 66.0 Å². The lowest BCUT2D eigenvalue weighted by Crippen LogP contribution is -2.15. The van der Waals surface area contributed by atoms with Gasteiger partial charge in [-0.3, -0.25) is 4.79 Å². The molecule has 1 N–H and O–H groups in total. The number of hydrogen-bond acceptors (Lipinski definition) is 6. The average Bonchev–Trinajstić information content (AvgIpc) is 2.48. The number of carbonyl (C=O) groups is 1. The summed E-state index contributed by atoms with van der Waals surface area (Å²) in [5, 5.41) is 2.98. The first-order chi connectivity index (χ1) is 10.3. The van der Waals surface area contributed by atoms with Gasteiger partial charge in [0.1, 0.15) is 6.61 Å². The van der Waals surface area contributed by atoms with Gasteiger partial charge >= 0.3 is 5.97 Å². The quantitative estimate of drug-likeness (QED) is 0.343. The van der Waals surface area contributed by atoms with E-state index in [1.807, 2.05) is 7.05 Å². The van der Waals surface area contributed by atoms with E-state index in [4.69, 9.17) is 18.9 Å². The van der Waals surface area contributed by atoms with E-state index in [1.165, 1.54) is 0 Å². The van der Waals surface area contributed by atoms with Gasteiger partial charge in [0.15, 0.2) is 0 Å². The van der Waals surface area contributed by atoms with Crippen LogP contribution in [0.4, 0.5) is 0 Å². The van der Waals surface area contributed by atoms with Crippen LogP contribution in [0.15, 0.2) is 0 Å². The number of hydrogen-bond donors (Lipinski definition) is 1. The van der Waals surface area contributed by atoms with Crippen molar-refractivity contribution < 1.29 is 23.7 Å². The third kappa shape index (κ3) is 17.3. The van der Waals surface area contributed by atoms with Crippen molar-refractivity contribution in [2.45, 2.75) is 32.6 Å². The Bertz CT molecular complexity index is 226. The highest BCUT2D eigenvalue weighted by molar-refractivity contribution is 5.69. The molecule has 6 nitrogen and oxygen atoms in total. The highest BCUT2D eigenvalue weighted by Crippen LogP contribution is 1.92. The first kappa shape index (κ1) is 20.3. The molecule has 0 atom stereocenters. The Balaban J connectivity index is 3.06. The van der Waals surface area contributed by atoms with Gasteiger partial charge in [0.25, 0.3) is 0 Å². The van der Waals surface area contributed by atoms with Crippen molar-refractivity contribution in [1.82, 2.24) is 5.32 Å². The van der Waals surface area contributed by atoms with Gasteiger partial charge in [-0.25, -0.2) is 0 Å². The molecule has 0 saturated carbocycles. The summed E-state index contributed by atoms with van der Waals surface area (Å²) >= 11 is 0. The van der Waals surface area contributed by atoms with Crippen LogP contribution in [0, 0.1) is 0 Å². The van der Waals surface area contributed by atoms with Gasteiger partial charge in [-0.15, -0.1) is 0 Å². The van der Waals surface area contributed by atoms with Crippen molar-refractivity contribution in [3.63, 3.8) is 0 Å². The number of carbonyl (C=O) groups excluding carboxylic acids is 1. The maximum absolute atomic E-state index is 11.3. The zero-order valence-corrected chi connectivity index (χ0v) is 13.5. The monoisotopic (exact) mass is 305 g/mol. The van der Waals surface area contributed by atoms with Crippen LogP contribution in [0.25, 0.3) is 0 Å². The molecule has 6 heteroatoms. The molecule has 0 unspecified atom stereocenters. The van der Waals surface area contributed by atoms with E-state index < -0.39 is 0 Å². The summed E-state index contributed by atoms with van der Waals surface area (Å²) in [6, 6.07) is 0. The van der Waals surface area contributed by atoms with Crippen molar-refractivity contribution >= 4 is 5.97 Å². The van der Waals surface area contributed by atoms with Crippen LogP contribution in [0.2, 0.25) is 0 Å². The molecule has 21 heavy (non-hydrogen) atoms. The molecular weight excluding hydrogens is 274 g/mol. The molecule has 0 aliphatic rings. The smallest absolute Gasteiger partial charge is 0.305 e. The molecule has 0 amide bonds. The van der Waals surface area contributed by atoms with Gasteiger partial charge in [-0.05, 0) is 26.4 Å². The molecule has 0 bridgehead atoms. The summed E-state index contributed by atoms with van der Waals surface area (Å²) in [5.74, 6) is -0.172. The maximum atomic E-state index is 11.3. The van der Waals surface area contributed by atoms with Gasteiger partial charge in [-0.1, -0.05) is 13.3 Å². The summed E-state index contributed by atoms with van der Waals surface area (Å²) in [7, 11) is 1.86. The molecule has 0 aliphatic carbocycles. The van der Waals surface area contributed by atoms with E-state index in [-0.39, 0.29) is 5.97 Å². The van der Waals surface area contributed by atoms with Crippen LogP contribution >= 0.6 is 0 Å². The van der Waals surface area contributed by atoms with E-state index in [0.717, 1.165) is 32.4 Å². The Hall–Kier alpha value is -0.690. The first-order valence-electron chi connectivity index (χ1n) is 7.84. The number of rotatable bonds is 16. The average molecular weight is 305 g/mol. The summed E-state index contributed by atoms with van der Waals surface area (Å²) in [5.41, 5.74) is 0. The van der Waals surface area contributed by atoms with E-state index >= 15 is 0 Å². The molecule has 0 saturated heterocycles. The first-order valence-corrected chi connectivity index (χ1v) is 7.84. The zero-order valence-electron chi connectivity index (χ0n) is 13.5. The fourth-order valence-corrected chi connectivity index (χ4v) is 1.48. The summed E-state index contributed by atoms with van der Waals surface area (Å²) in [4.78, 5) is 11.3. The van der Waals surface area contributed by atoms with Crippen LogP contribution in [-0.4, -0.2) is 65.8 Å². The molecule has 0 spiro atoms. The lowest BCUT2D eigenvalue weighted by Gasteiger charge is -2.07. The lowest BCUT2D eigenvalue weighted by atomic mass is 10.3. The molecule has 0 aromatic heterocycles. The Morgan fingerprint density at radius 3 is 2.00 bits per heavy atom. The van der Waals surface area contributed by atoms with E-state index in [1.54, 1.807) is 0 Å². The maximum Gasteiger partial charge on any atom is 0.305 e. The van der Waals surface area contributed by atoms with Crippen molar-refractivity contribution in [3.05, 3.63) is 0 Å². The minimum Gasteiger partial charge on any atom is -0.463 e. The van der Waals surface area contributed by atoms with Gasteiger partial charge < -0.3 is 24.3 Å². The zero-order chi connectivity index (χ0) is 15.6. The van der Waals surface area contributed by atoms with Crippen LogP contribution < -0.4 is 5.32 Å². The second-order valence-electron chi connectivity index (χ2n) is 4.62. The fourth-order valence-electron chi connectivity index (χ4n) is 1.48. The third-order valence-corrected chi connectivity index (χ3v) is 2.68. The number of nitrogens with one attached hydrogen (secondary N) is 1. The predicted molar refractivity (Wildman–Crippen MR) is 81.5 cm³/mol. The van der Waals surface area contributed by atoms with Crippen LogP contribution in [-0.2, 0) is 23.7 Å². The fraction of sp³-hybridized carbons (Fsp3) is 0.933. The molecule has 0 aromatic rings. The Morgan fingerprint density at radius 1 is 0.857 bits per heavy atom. The molecular formula is C15H31NO5. The van der Waals surface area contributed by atoms with Gasteiger partial charge in [0, 0.05) is 13.0 Å². The number of ether oxygens (including phenoxy) is 4. The minimum atomic E-state index is -0.172. The SMILES string of the molecule is CCCCOCCOCCOCCOC(=O)CCCNC. The Kier molecular flexibility index (Phi) is 16.8. The highest BCUT2D eigenvalue weighted by Gasteiger charge is 2.01. The normalized spacial score (nSPS) is 10.8. The van der Waals surface area contributed by atoms with E-state index in [0.29, 0.717) is 46.1 Å². The van der Waals surface area contributed by atoms with Gasteiger partial charge in [-0.2, -0.15) is 0 Å². The summed E-state index contributed by atoms with van der Waals surface area (Å²) in [6.07, 6.45) is 3.48. The van der Waals surface area contributed by atoms with Crippen molar-refractivity contribution in [1.29, 1.82) is 0 Å². The van der Waals surface area contributed by atoms with E-state index in [9.17, 15) is 4.79 Å². The summed E-state index contributed by atoms with van der Waals surface area (Å²) in [6.45, 7) is 6.74. The second-order valence-corrected chi connectivity index (χ2v) is 4.62. The Morgan fingerprint density at radius 2 is 1.43 bits per heavy atom. The molecule has 0 aliphatic heterocycles. The van der Waals surface area contributed by atoms with Crippen LogP contribution in [0.3, 0.4) is 0 Å². The minimum absolute atomic E-state index is 0.172.